The highest BCUT2D eigenvalue weighted by Gasteiger charge is 2.13. The van der Waals surface area contributed by atoms with Crippen LogP contribution in [0, 0.1) is 0 Å². The lowest BCUT2D eigenvalue weighted by Gasteiger charge is -2.17. The van der Waals surface area contributed by atoms with Gasteiger partial charge in [-0.15, -0.1) is 0 Å². The second-order valence-corrected chi connectivity index (χ2v) is 6.66. The van der Waals surface area contributed by atoms with Crippen molar-refractivity contribution in [1.29, 1.82) is 0 Å². The van der Waals surface area contributed by atoms with E-state index in [9.17, 15) is 9.59 Å². The summed E-state index contributed by atoms with van der Waals surface area (Å²) < 4.78 is 5.31. The van der Waals surface area contributed by atoms with Crippen LogP contribution in [0.1, 0.15) is 53.7 Å². The SMILES string of the molecule is CCC(=O)Oc1ccc(C(=C(CC)c2ccccc2)c2ccc(C=O)cc2)cc1. The predicted octanol–water partition coefficient (Wildman–Crippen LogP) is 6.18. The van der Waals surface area contributed by atoms with E-state index in [1.54, 1.807) is 6.92 Å². The number of esters is 1. The van der Waals surface area contributed by atoms with Gasteiger partial charge in [0.1, 0.15) is 12.0 Å². The highest BCUT2D eigenvalue weighted by molar-refractivity contribution is 5.99. The fraction of sp³-hybridized carbons (Fsp3) is 0.154. The number of rotatable bonds is 7. The number of carbonyl (C=O) groups excluding carboxylic acids is 2. The van der Waals surface area contributed by atoms with Crippen LogP contribution in [0.4, 0.5) is 0 Å². The maximum absolute atomic E-state index is 11.6. The molecule has 0 bridgehead atoms. The second kappa shape index (κ2) is 9.65. The van der Waals surface area contributed by atoms with E-state index in [1.807, 2.05) is 66.7 Å². The average molecular weight is 384 g/mol. The summed E-state index contributed by atoms with van der Waals surface area (Å²) in [5.41, 5.74) is 6.18. The van der Waals surface area contributed by atoms with Crippen molar-refractivity contribution in [2.24, 2.45) is 0 Å². The van der Waals surface area contributed by atoms with Gasteiger partial charge in [0, 0.05) is 12.0 Å². The first kappa shape index (κ1) is 20.3. The molecule has 3 rings (SSSR count). The van der Waals surface area contributed by atoms with Crippen molar-refractivity contribution in [2.75, 3.05) is 0 Å². The van der Waals surface area contributed by atoms with Crippen LogP contribution in [0.3, 0.4) is 0 Å². The van der Waals surface area contributed by atoms with E-state index in [4.69, 9.17) is 4.74 Å². The summed E-state index contributed by atoms with van der Waals surface area (Å²) in [6, 6.07) is 25.5. The van der Waals surface area contributed by atoms with Crippen molar-refractivity contribution in [3.63, 3.8) is 0 Å². The lowest BCUT2D eigenvalue weighted by atomic mass is 9.88. The molecule has 0 aromatic heterocycles. The van der Waals surface area contributed by atoms with Gasteiger partial charge in [0.25, 0.3) is 0 Å². The summed E-state index contributed by atoms with van der Waals surface area (Å²) in [7, 11) is 0. The Bertz CT molecular complexity index is 998. The molecule has 0 unspecified atom stereocenters. The fourth-order valence-electron chi connectivity index (χ4n) is 3.30. The Hall–Kier alpha value is -3.46. The van der Waals surface area contributed by atoms with Crippen LogP contribution < -0.4 is 4.74 Å². The second-order valence-electron chi connectivity index (χ2n) is 6.66. The van der Waals surface area contributed by atoms with E-state index < -0.39 is 0 Å². The van der Waals surface area contributed by atoms with Crippen molar-refractivity contribution in [1.82, 2.24) is 0 Å². The van der Waals surface area contributed by atoms with Crippen LogP contribution in [0.2, 0.25) is 0 Å². The normalized spacial score (nSPS) is 11.5. The molecule has 0 aliphatic heterocycles. The molecular weight excluding hydrogens is 360 g/mol. The van der Waals surface area contributed by atoms with Gasteiger partial charge in [0.15, 0.2) is 0 Å². The van der Waals surface area contributed by atoms with E-state index in [1.165, 1.54) is 5.57 Å². The minimum atomic E-state index is -0.253. The predicted molar refractivity (Wildman–Crippen MR) is 117 cm³/mol. The highest BCUT2D eigenvalue weighted by atomic mass is 16.5. The first-order valence-corrected chi connectivity index (χ1v) is 9.81. The Morgan fingerprint density at radius 3 is 1.86 bits per heavy atom. The number of hydrogen-bond donors (Lipinski definition) is 0. The maximum atomic E-state index is 11.6. The third-order valence-corrected chi connectivity index (χ3v) is 4.78. The van der Waals surface area contributed by atoms with Crippen molar-refractivity contribution < 1.29 is 14.3 Å². The molecule has 0 N–H and O–H groups in total. The third kappa shape index (κ3) is 4.88. The van der Waals surface area contributed by atoms with E-state index in [0.717, 1.165) is 35.0 Å². The monoisotopic (exact) mass is 384 g/mol. The smallest absolute Gasteiger partial charge is 0.310 e. The van der Waals surface area contributed by atoms with Crippen LogP contribution in [0.25, 0.3) is 11.1 Å². The van der Waals surface area contributed by atoms with Crippen LogP contribution in [-0.2, 0) is 4.79 Å². The molecule has 0 saturated carbocycles. The van der Waals surface area contributed by atoms with Gasteiger partial charge in [-0.3, -0.25) is 9.59 Å². The van der Waals surface area contributed by atoms with E-state index in [2.05, 4.69) is 19.1 Å². The maximum Gasteiger partial charge on any atom is 0.310 e. The minimum absolute atomic E-state index is 0.253. The first-order chi connectivity index (χ1) is 14.2. The van der Waals surface area contributed by atoms with E-state index in [-0.39, 0.29) is 5.97 Å². The molecule has 0 amide bonds. The standard InChI is InChI=1S/C26H24O3/c1-3-24(20-8-6-5-7-9-20)26(21-12-10-19(18-27)11-13-21)22-14-16-23(17-15-22)29-25(28)4-2/h5-18H,3-4H2,1-2H3. The van der Waals surface area contributed by atoms with Crippen molar-refractivity contribution in [3.05, 3.63) is 101 Å². The Morgan fingerprint density at radius 2 is 1.34 bits per heavy atom. The lowest BCUT2D eigenvalue weighted by Crippen LogP contribution is -2.05. The van der Waals surface area contributed by atoms with Gasteiger partial charge in [0.2, 0.25) is 0 Å². The van der Waals surface area contributed by atoms with Gasteiger partial charge in [-0.05, 0) is 46.4 Å². The number of allylic oxidation sites excluding steroid dienone is 1. The average Bonchev–Trinajstić information content (AvgIpc) is 2.78. The van der Waals surface area contributed by atoms with Crippen LogP contribution >= 0.6 is 0 Å². The molecule has 0 aliphatic rings. The summed E-state index contributed by atoms with van der Waals surface area (Å²) in [4.78, 5) is 22.6. The zero-order chi connectivity index (χ0) is 20.6. The van der Waals surface area contributed by atoms with Crippen LogP contribution in [0.5, 0.6) is 5.75 Å². The van der Waals surface area contributed by atoms with Gasteiger partial charge in [-0.1, -0.05) is 80.6 Å². The minimum Gasteiger partial charge on any atom is -0.427 e. The Balaban J connectivity index is 2.13. The topological polar surface area (TPSA) is 43.4 Å². The Labute approximate surface area is 171 Å². The van der Waals surface area contributed by atoms with E-state index in [0.29, 0.717) is 17.7 Å². The molecule has 146 valence electrons. The molecule has 0 heterocycles. The van der Waals surface area contributed by atoms with Crippen molar-refractivity contribution in [2.45, 2.75) is 26.7 Å². The van der Waals surface area contributed by atoms with Gasteiger partial charge in [-0.25, -0.2) is 0 Å². The first-order valence-electron chi connectivity index (χ1n) is 9.81. The third-order valence-electron chi connectivity index (χ3n) is 4.78. The molecule has 29 heavy (non-hydrogen) atoms. The van der Waals surface area contributed by atoms with Gasteiger partial charge >= 0.3 is 5.97 Å². The number of hydrogen-bond acceptors (Lipinski definition) is 3. The molecule has 3 heteroatoms. The number of ether oxygens (including phenoxy) is 1. The number of carbonyl (C=O) groups is 2. The zero-order valence-electron chi connectivity index (χ0n) is 16.7. The summed E-state index contributed by atoms with van der Waals surface area (Å²) in [5, 5.41) is 0. The Kier molecular flexibility index (Phi) is 6.75. The summed E-state index contributed by atoms with van der Waals surface area (Å²) in [5.74, 6) is 0.283. The number of aldehydes is 1. The molecule has 0 atom stereocenters. The van der Waals surface area contributed by atoms with Crippen molar-refractivity contribution >= 4 is 23.4 Å². The molecule has 0 fully saturated rings. The molecule has 0 spiro atoms. The lowest BCUT2D eigenvalue weighted by molar-refractivity contribution is -0.134. The molecule has 3 aromatic carbocycles. The molecule has 0 aliphatic carbocycles. The van der Waals surface area contributed by atoms with E-state index >= 15 is 0 Å². The molecule has 0 radical (unpaired) electrons. The summed E-state index contributed by atoms with van der Waals surface area (Å²) >= 11 is 0. The molecular formula is C26H24O3. The fourth-order valence-corrected chi connectivity index (χ4v) is 3.30. The Morgan fingerprint density at radius 1 is 0.759 bits per heavy atom. The van der Waals surface area contributed by atoms with Gasteiger partial charge in [0.05, 0.1) is 0 Å². The van der Waals surface area contributed by atoms with Gasteiger partial charge in [-0.2, -0.15) is 0 Å². The quantitative estimate of drug-likeness (QED) is 0.211. The number of benzene rings is 3. The highest BCUT2D eigenvalue weighted by Crippen LogP contribution is 2.35. The van der Waals surface area contributed by atoms with Crippen molar-refractivity contribution in [3.8, 4) is 5.75 Å². The summed E-state index contributed by atoms with van der Waals surface area (Å²) in [6.07, 6.45) is 2.04. The van der Waals surface area contributed by atoms with Crippen LogP contribution in [-0.4, -0.2) is 12.3 Å². The molecule has 3 nitrogen and oxygen atoms in total. The molecule has 0 saturated heterocycles. The largest absolute Gasteiger partial charge is 0.427 e. The molecule has 3 aromatic rings. The summed E-state index contributed by atoms with van der Waals surface area (Å²) in [6.45, 7) is 3.91. The van der Waals surface area contributed by atoms with Crippen LogP contribution in [0.15, 0.2) is 78.9 Å². The van der Waals surface area contributed by atoms with Gasteiger partial charge < -0.3 is 4.74 Å². The zero-order valence-corrected chi connectivity index (χ0v) is 16.7.